The normalized spacial score (nSPS) is 33.7. The number of carbonyl (C=O) groups is 2. The molecule has 4 aliphatic rings. The predicted molar refractivity (Wildman–Crippen MR) is 99.6 cm³/mol. The van der Waals surface area contributed by atoms with Gasteiger partial charge < -0.3 is 14.6 Å². The zero-order chi connectivity index (χ0) is 19.1. The second kappa shape index (κ2) is 6.93. The lowest BCUT2D eigenvalue weighted by Gasteiger charge is -2.60. The molecule has 4 saturated carbocycles. The van der Waals surface area contributed by atoms with Gasteiger partial charge in [0, 0.05) is 0 Å². The molecule has 2 atom stereocenters. The van der Waals surface area contributed by atoms with Gasteiger partial charge in [0.2, 0.25) is 0 Å². The molecule has 146 valence electrons. The summed E-state index contributed by atoms with van der Waals surface area (Å²) in [6.45, 7) is 1.89. The Kier molecular flexibility index (Phi) is 4.75. The summed E-state index contributed by atoms with van der Waals surface area (Å²) in [7, 11) is 0. The minimum atomic E-state index is -0.552. The van der Waals surface area contributed by atoms with E-state index < -0.39 is 5.60 Å². The van der Waals surface area contributed by atoms with Crippen molar-refractivity contribution >= 4 is 11.8 Å². The molecular weight excluding hydrogens is 344 g/mol. The van der Waals surface area contributed by atoms with Crippen molar-refractivity contribution < 1.29 is 24.2 Å². The number of ether oxygens (including phenoxy) is 2. The van der Waals surface area contributed by atoms with Gasteiger partial charge in [0.15, 0.2) is 5.78 Å². The van der Waals surface area contributed by atoms with Gasteiger partial charge in [0.1, 0.15) is 19.0 Å². The van der Waals surface area contributed by atoms with E-state index in [4.69, 9.17) is 9.47 Å². The van der Waals surface area contributed by atoms with Crippen LogP contribution in [0.4, 0.5) is 0 Å². The molecule has 0 heterocycles. The van der Waals surface area contributed by atoms with Crippen LogP contribution in [-0.4, -0.2) is 35.7 Å². The van der Waals surface area contributed by atoms with Crippen LogP contribution >= 0.6 is 0 Å². The molecular formula is C22H28O5. The molecule has 0 radical (unpaired) electrons. The number of Topliss-reactive ketones (excluding diaryl/α,β-unsaturated/α-hetero) is 1. The third kappa shape index (κ3) is 3.88. The first kappa shape index (κ1) is 18.5. The van der Waals surface area contributed by atoms with Crippen molar-refractivity contribution in [2.75, 3.05) is 13.2 Å². The molecule has 0 saturated heterocycles. The highest BCUT2D eigenvalue weighted by Gasteiger charge is 2.57. The molecule has 5 heteroatoms. The van der Waals surface area contributed by atoms with E-state index in [1.54, 1.807) is 18.2 Å². The molecule has 2 unspecified atom stereocenters. The molecule has 1 aromatic carbocycles. The van der Waals surface area contributed by atoms with Crippen LogP contribution in [0.1, 0.15) is 62.2 Å². The van der Waals surface area contributed by atoms with Gasteiger partial charge in [-0.3, -0.25) is 9.59 Å². The maximum absolute atomic E-state index is 12.4. The summed E-state index contributed by atoms with van der Waals surface area (Å²) in [6.07, 6.45) is 6.25. The van der Waals surface area contributed by atoms with Crippen LogP contribution in [0.5, 0.6) is 5.75 Å². The lowest BCUT2D eigenvalue weighted by Crippen LogP contribution is -2.56. The second-order valence-electron chi connectivity index (χ2n) is 8.98. The Morgan fingerprint density at radius 1 is 1.11 bits per heavy atom. The van der Waals surface area contributed by atoms with E-state index in [0.29, 0.717) is 29.6 Å². The minimum Gasteiger partial charge on any atom is -0.489 e. The number of rotatable bonds is 7. The van der Waals surface area contributed by atoms with Gasteiger partial charge in [-0.05, 0) is 74.8 Å². The third-order valence-corrected chi connectivity index (χ3v) is 6.54. The van der Waals surface area contributed by atoms with Crippen molar-refractivity contribution in [2.24, 2.45) is 17.3 Å². The Morgan fingerprint density at radius 2 is 1.81 bits per heavy atom. The highest BCUT2D eigenvalue weighted by molar-refractivity contribution is 5.96. The summed E-state index contributed by atoms with van der Waals surface area (Å²) in [4.78, 5) is 24.0. The van der Waals surface area contributed by atoms with E-state index in [9.17, 15) is 14.7 Å². The van der Waals surface area contributed by atoms with Crippen LogP contribution in [0.3, 0.4) is 0 Å². The first-order valence-corrected chi connectivity index (χ1v) is 9.97. The molecule has 1 N–H and O–H groups in total. The largest absolute Gasteiger partial charge is 0.489 e. The summed E-state index contributed by atoms with van der Waals surface area (Å²) in [5.74, 6) is 1.39. The monoisotopic (exact) mass is 372 g/mol. The summed E-state index contributed by atoms with van der Waals surface area (Å²) in [5, 5.41) is 10.8. The standard InChI is InChI=1S/C22H28O5/c1-15(23)18-4-2-3-5-19(18)26-6-7-27-20(24)13-21-9-16-8-17(10-21)12-22(25,11-16)14-21/h2-5,16-17,25H,6-14H2,1H3. The molecule has 5 nitrogen and oxygen atoms in total. The number of aliphatic hydroxyl groups is 1. The fourth-order valence-corrected chi connectivity index (χ4v) is 6.16. The van der Waals surface area contributed by atoms with Gasteiger partial charge in [-0.1, -0.05) is 12.1 Å². The number of hydrogen-bond donors (Lipinski definition) is 1. The zero-order valence-corrected chi connectivity index (χ0v) is 15.9. The van der Waals surface area contributed by atoms with Crippen molar-refractivity contribution in [1.82, 2.24) is 0 Å². The maximum atomic E-state index is 12.4. The molecule has 0 amide bonds. The summed E-state index contributed by atoms with van der Waals surface area (Å²) in [5.41, 5.74) is -0.0901. The molecule has 0 spiro atoms. The van der Waals surface area contributed by atoms with Crippen LogP contribution in [0.25, 0.3) is 0 Å². The van der Waals surface area contributed by atoms with Crippen LogP contribution in [0, 0.1) is 17.3 Å². The molecule has 0 aromatic heterocycles. The number of ketones is 1. The molecule has 0 aliphatic heterocycles. The summed E-state index contributed by atoms with van der Waals surface area (Å²) < 4.78 is 11.0. The minimum absolute atomic E-state index is 0.0534. The van der Waals surface area contributed by atoms with E-state index in [0.717, 1.165) is 32.1 Å². The topological polar surface area (TPSA) is 72.8 Å². The zero-order valence-electron chi connectivity index (χ0n) is 15.9. The predicted octanol–water partition coefficient (Wildman–Crippen LogP) is 3.53. The first-order chi connectivity index (χ1) is 12.9. The quantitative estimate of drug-likeness (QED) is 0.450. The lowest BCUT2D eigenvalue weighted by molar-refractivity contribution is -0.177. The SMILES string of the molecule is CC(=O)c1ccccc1OCCOC(=O)CC12CC3CC(CC(O)(C3)C1)C2. The Labute approximate surface area is 160 Å². The van der Waals surface area contributed by atoms with Crippen LogP contribution in [0.15, 0.2) is 24.3 Å². The highest BCUT2D eigenvalue weighted by Crippen LogP contribution is 2.62. The van der Waals surface area contributed by atoms with Gasteiger partial charge in [0.25, 0.3) is 0 Å². The fourth-order valence-electron chi connectivity index (χ4n) is 6.16. The Morgan fingerprint density at radius 3 is 2.48 bits per heavy atom. The third-order valence-electron chi connectivity index (χ3n) is 6.54. The van der Waals surface area contributed by atoms with Crippen molar-refractivity contribution in [2.45, 2.75) is 57.5 Å². The maximum Gasteiger partial charge on any atom is 0.306 e. The van der Waals surface area contributed by atoms with E-state index >= 15 is 0 Å². The van der Waals surface area contributed by atoms with E-state index in [1.807, 2.05) is 6.07 Å². The average molecular weight is 372 g/mol. The molecule has 4 aliphatic carbocycles. The summed E-state index contributed by atoms with van der Waals surface area (Å²) in [6, 6.07) is 7.07. The fraction of sp³-hybridized carbons (Fsp3) is 0.636. The van der Waals surface area contributed by atoms with Crippen LogP contribution < -0.4 is 4.74 Å². The van der Waals surface area contributed by atoms with Gasteiger partial charge >= 0.3 is 5.97 Å². The summed E-state index contributed by atoms with van der Waals surface area (Å²) >= 11 is 0. The van der Waals surface area contributed by atoms with Crippen LogP contribution in [-0.2, 0) is 9.53 Å². The van der Waals surface area contributed by atoms with Crippen LogP contribution in [0.2, 0.25) is 0 Å². The first-order valence-electron chi connectivity index (χ1n) is 9.97. The average Bonchev–Trinajstić information content (AvgIpc) is 2.56. The Hall–Kier alpha value is -1.88. The molecule has 1 aromatic rings. The van der Waals surface area contributed by atoms with Crippen molar-refractivity contribution in [3.8, 4) is 5.75 Å². The van der Waals surface area contributed by atoms with Crippen molar-refractivity contribution in [3.63, 3.8) is 0 Å². The molecule has 4 fully saturated rings. The van der Waals surface area contributed by atoms with Gasteiger partial charge in [-0.2, -0.15) is 0 Å². The van der Waals surface area contributed by atoms with Gasteiger partial charge in [-0.25, -0.2) is 0 Å². The van der Waals surface area contributed by atoms with E-state index in [2.05, 4.69) is 0 Å². The molecule has 27 heavy (non-hydrogen) atoms. The Balaban J connectivity index is 1.27. The number of hydrogen-bond acceptors (Lipinski definition) is 5. The smallest absolute Gasteiger partial charge is 0.306 e. The second-order valence-corrected chi connectivity index (χ2v) is 8.98. The van der Waals surface area contributed by atoms with Crippen molar-refractivity contribution in [1.29, 1.82) is 0 Å². The van der Waals surface area contributed by atoms with E-state index in [1.165, 1.54) is 13.3 Å². The van der Waals surface area contributed by atoms with Gasteiger partial charge in [0.05, 0.1) is 17.6 Å². The van der Waals surface area contributed by atoms with E-state index in [-0.39, 0.29) is 30.4 Å². The molecule has 4 bridgehead atoms. The lowest BCUT2D eigenvalue weighted by atomic mass is 9.47. The number of esters is 1. The number of benzene rings is 1. The highest BCUT2D eigenvalue weighted by atomic mass is 16.6. The van der Waals surface area contributed by atoms with Gasteiger partial charge in [-0.15, -0.1) is 0 Å². The Bertz CT molecular complexity index is 726. The number of carbonyl (C=O) groups excluding carboxylic acids is 2. The number of para-hydroxylation sites is 1. The molecule has 5 rings (SSSR count). The van der Waals surface area contributed by atoms with Crippen molar-refractivity contribution in [3.05, 3.63) is 29.8 Å².